The second kappa shape index (κ2) is 11.3. The Morgan fingerprint density at radius 1 is 0.750 bits per heavy atom. The highest BCUT2D eigenvalue weighted by Crippen LogP contribution is 2.30. The number of aliphatic hydroxyl groups is 3. The van der Waals surface area contributed by atoms with Gasteiger partial charge in [0.25, 0.3) is 0 Å². The van der Waals surface area contributed by atoms with Crippen LogP contribution in [0.15, 0.2) is 0 Å². The highest BCUT2D eigenvalue weighted by Gasteiger charge is 2.53. The van der Waals surface area contributed by atoms with E-state index in [0.29, 0.717) is 0 Å². The molecule has 2 rings (SSSR count). The molecule has 13 nitrogen and oxygen atoms in total. The summed E-state index contributed by atoms with van der Waals surface area (Å²) in [4.78, 5) is 35.0. The summed E-state index contributed by atoms with van der Waals surface area (Å²) in [5.41, 5.74) is 0. The summed E-state index contributed by atoms with van der Waals surface area (Å²) < 4.78 is 37.6. The molecule has 0 aromatic carbocycles. The second-order valence-corrected chi connectivity index (χ2v) is 7.52. The smallest absolute Gasteiger partial charge is 0.303 e. The van der Waals surface area contributed by atoms with Gasteiger partial charge in [0.2, 0.25) is 0 Å². The Bertz CT molecular complexity index is 670. The van der Waals surface area contributed by atoms with Gasteiger partial charge in [-0.1, -0.05) is 0 Å². The molecule has 0 aromatic heterocycles. The van der Waals surface area contributed by atoms with E-state index in [1.807, 2.05) is 0 Å². The minimum absolute atomic E-state index is 0.375. The van der Waals surface area contributed by atoms with Crippen LogP contribution in [0.4, 0.5) is 0 Å². The topological polar surface area (TPSA) is 177 Å². The van der Waals surface area contributed by atoms with Crippen molar-refractivity contribution >= 4 is 17.9 Å². The largest absolute Gasteiger partial charge is 0.456 e. The standard InChI is InChI=1S/C19H30O13/c1-7-12(23)13(24)14(25)18(28-7)27-6-11-15(29-8(2)20)16(30-9(3)21)17(31-10(4)22)19(26-5)32-11/h7,11-19,23-25H,6H2,1-5H3/t7-,11+,12-,13+,14+,15+,16-,17+,18-,19-/m0/s1. The van der Waals surface area contributed by atoms with Crippen molar-refractivity contribution in [2.75, 3.05) is 13.7 Å². The summed E-state index contributed by atoms with van der Waals surface area (Å²) in [6, 6.07) is 0. The number of hydrogen-bond donors (Lipinski definition) is 3. The predicted octanol–water partition coefficient (Wildman–Crippen LogP) is -2.00. The van der Waals surface area contributed by atoms with Crippen LogP contribution in [-0.4, -0.2) is 108 Å². The average Bonchev–Trinajstić information content (AvgIpc) is 2.70. The van der Waals surface area contributed by atoms with Gasteiger partial charge >= 0.3 is 17.9 Å². The third-order valence-corrected chi connectivity index (χ3v) is 4.96. The van der Waals surface area contributed by atoms with E-state index in [0.717, 1.165) is 20.8 Å². The fourth-order valence-corrected chi connectivity index (χ4v) is 3.52. The number of ether oxygens (including phenoxy) is 7. The molecule has 0 radical (unpaired) electrons. The molecule has 184 valence electrons. The van der Waals surface area contributed by atoms with Gasteiger partial charge in [-0.3, -0.25) is 14.4 Å². The van der Waals surface area contributed by atoms with Gasteiger partial charge in [-0.15, -0.1) is 0 Å². The highest BCUT2D eigenvalue weighted by molar-refractivity contribution is 5.68. The van der Waals surface area contributed by atoms with Gasteiger partial charge in [0.15, 0.2) is 30.9 Å². The Kier molecular flexibility index (Phi) is 9.33. The number of methoxy groups -OCH3 is 1. The predicted molar refractivity (Wildman–Crippen MR) is 101 cm³/mol. The number of aliphatic hydroxyl groups excluding tert-OH is 3. The van der Waals surface area contributed by atoms with E-state index in [4.69, 9.17) is 33.2 Å². The summed E-state index contributed by atoms with van der Waals surface area (Å²) in [7, 11) is 1.27. The van der Waals surface area contributed by atoms with E-state index in [2.05, 4.69) is 0 Å². The summed E-state index contributed by atoms with van der Waals surface area (Å²) >= 11 is 0. The van der Waals surface area contributed by atoms with E-state index >= 15 is 0 Å². The van der Waals surface area contributed by atoms with Crippen molar-refractivity contribution < 1.29 is 62.9 Å². The van der Waals surface area contributed by atoms with Crippen molar-refractivity contribution in [2.45, 2.75) is 89.1 Å². The summed E-state index contributed by atoms with van der Waals surface area (Å²) in [6.45, 7) is 4.49. The second-order valence-electron chi connectivity index (χ2n) is 7.52. The molecule has 32 heavy (non-hydrogen) atoms. The Labute approximate surface area is 184 Å². The third-order valence-electron chi connectivity index (χ3n) is 4.96. The lowest BCUT2D eigenvalue weighted by Crippen LogP contribution is -2.63. The van der Waals surface area contributed by atoms with Crippen molar-refractivity contribution in [2.24, 2.45) is 0 Å². The Balaban J connectivity index is 2.25. The first-order valence-corrected chi connectivity index (χ1v) is 9.97. The summed E-state index contributed by atoms with van der Waals surface area (Å²) in [5, 5.41) is 29.9. The van der Waals surface area contributed by atoms with Gasteiger partial charge in [-0.2, -0.15) is 0 Å². The Hall–Kier alpha value is -1.87. The minimum Gasteiger partial charge on any atom is -0.456 e. The van der Waals surface area contributed by atoms with Crippen LogP contribution < -0.4 is 0 Å². The lowest BCUT2D eigenvalue weighted by atomic mass is 9.97. The molecule has 2 saturated heterocycles. The lowest BCUT2D eigenvalue weighted by Gasteiger charge is -2.44. The maximum Gasteiger partial charge on any atom is 0.303 e. The molecule has 0 saturated carbocycles. The molecular formula is C19H30O13. The van der Waals surface area contributed by atoms with Gasteiger partial charge in [-0.25, -0.2) is 0 Å². The van der Waals surface area contributed by atoms with E-state index in [9.17, 15) is 29.7 Å². The van der Waals surface area contributed by atoms with Crippen molar-refractivity contribution in [3.8, 4) is 0 Å². The fourth-order valence-electron chi connectivity index (χ4n) is 3.52. The Morgan fingerprint density at radius 2 is 1.28 bits per heavy atom. The average molecular weight is 466 g/mol. The van der Waals surface area contributed by atoms with Crippen LogP contribution >= 0.6 is 0 Å². The molecular weight excluding hydrogens is 436 g/mol. The van der Waals surface area contributed by atoms with E-state index in [1.165, 1.54) is 14.0 Å². The van der Waals surface area contributed by atoms with Crippen LogP contribution in [0.5, 0.6) is 0 Å². The van der Waals surface area contributed by atoms with E-state index < -0.39 is 79.3 Å². The SMILES string of the molecule is CO[C@H]1O[C@H](CO[C@H]2O[C@@H](C)[C@H](O)[C@@H](O)[C@H]2O)[C@@H](OC(C)=O)[C@H](OC(C)=O)[C@H]1OC(C)=O. The number of carbonyl (C=O) groups excluding carboxylic acids is 3. The van der Waals surface area contributed by atoms with E-state index in [-0.39, 0.29) is 6.61 Å². The zero-order valence-electron chi connectivity index (χ0n) is 18.4. The van der Waals surface area contributed by atoms with Crippen molar-refractivity contribution in [1.29, 1.82) is 0 Å². The van der Waals surface area contributed by atoms with Crippen LogP contribution in [0.2, 0.25) is 0 Å². The molecule has 2 fully saturated rings. The number of rotatable bonds is 7. The molecule has 0 unspecified atom stereocenters. The van der Waals surface area contributed by atoms with Gasteiger partial charge in [0, 0.05) is 27.9 Å². The molecule has 0 spiro atoms. The quantitative estimate of drug-likeness (QED) is 0.277. The maximum absolute atomic E-state index is 11.7. The summed E-state index contributed by atoms with van der Waals surface area (Å²) in [5.74, 6) is -2.19. The molecule has 0 aromatic rings. The van der Waals surface area contributed by atoms with Crippen LogP contribution in [-0.2, 0) is 47.5 Å². The summed E-state index contributed by atoms with van der Waals surface area (Å²) in [6.07, 6.45) is -12.8. The van der Waals surface area contributed by atoms with E-state index in [1.54, 1.807) is 0 Å². The molecule has 3 N–H and O–H groups in total. The first-order valence-electron chi connectivity index (χ1n) is 9.97. The molecule has 10 atom stereocenters. The Morgan fingerprint density at radius 3 is 1.81 bits per heavy atom. The molecule has 2 aliphatic heterocycles. The lowest BCUT2D eigenvalue weighted by molar-refractivity contribution is -0.327. The highest BCUT2D eigenvalue weighted by atomic mass is 16.7. The molecule has 2 heterocycles. The van der Waals surface area contributed by atoms with Gasteiger partial charge in [0.05, 0.1) is 12.7 Å². The van der Waals surface area contributed by atoms with Gasteiger partial charge < -0.3 is 48.5 Å². The first kappa shape index (κ1) is 26.4. The van der Waals surface area contributed by atoms with Crippen molar-refractivity contribution in [3.63, 3.8) is 0 Å². The van der Waals surface area contributed by atoms with Crippen LogP contribution in [0.3, 0.4) is 0 Å². The van der Waals surface area contributed by atoms with Crippen LogP contribution in [0, 0.1) is 0 Å². The molecule has 2 aliphatic rings. The van der Waals surface area contributed by atoms with Crippen LogP contribution in [0.1, 0.15) is 27.7 Å². The first-order chi connectivity index (χ1) is 15.0. The molecule has 13 heteroatoms. The number of esters is 3. The minimum atomic E-state index is -1.58. The maximum atomic E-state index is 11.7. The third kappa shape index (κ3) is 6.34. The van der Waals surface area contributed by atoms with Crippen molar-refractivity contribution in [3.05, 3.63) is 0 Å². The number of hydrogen-bond acceptors (Lipinski definition) is 13. The zero-order chi connectivity index (χ0) is 24.2. The molecule has 0 aliphatic carbocycles. The van der Waals surface area contributed by atoms with Gasteiger partial charge in [-0.05, 0) is 6.92 Å². The van der Waals surface area contributed by atoms with Crippen LogP contribution in [0.25, 0.3) is 0 Å². The van der Waals surface area contributed by atoms with Gasteiger partial charge in [0.1, 0.15) is 24.4 Å². The van der Waals surface area contributed by atoms with Crippen molar-refractivity contribution in [1.82, 2.24) is 0 Å². The molecule has 0 bridgehead atoms. The molecule has 0 amide bonds. The zero-order valence-corrected chi connectivity index (χ0v) is 18.4. The number of carbonyl (C=O) groups is 3. The normalized spacial score (nSPS) is 39.8. The fraction of sp³-hybridized carbons (Fsp3) is 0.842. The monoisotopic (exact) mass is 466 g/mol.